The standard InChI is InChI=1S/C42H74O6/c1-3-5-6-7-8-9-10-11-12-13-17-20-23-26-29-32-35-41(45)47-37-40(44)38-48-42(46)36-33-30-27-24-21-18-15-14-16-19-22-25-28-31-34-39(43)4-2/h15-16,18-19,24-25,27-28,39-40,43-44H,3-14,17,20-23,26,29-38H2,1-2H3/b18-15-,19-16-,27-24-,28-25-/t39-,40+/m0/s1. The molecule has 2 N–H and O–H groups in total. The summed E-state index contributed by atoms with van der Waals surface area (Å²) in [6.07, 6.45) is 44.0. The summed E-state index contributed by atoms with van der Waals surface area (Å²) in [5, 5.41) is 19.5. The predicted molar refractivity (Wildman–Crippen MR) is 202 cm³/mol. The highest BCUT2D eigenvalue weighted by Gasteiger charge is 2.12. The summed E-state index contributed by atoms with van der Waals surface area (Å²) >= 11 is 0. The van der Waals surface area contributed by atoms with Gasteiger partial charge in [0.25, 0.3) is 0 Å². The Morgan fingerprint density at radius 3 is 1.29 bits per heavy atom. The van der Waals surface area contributed by atoms with E-state index in [9.17, 15) is 19.8 Å². The highest BCUT2D eigenvalue weighted by atomic mass is 16.6. The molecule has 0 saturated heterocycles. The Hall–Kier alpha value is -2.18. The topological polar surface area (TPSA) is 93.1 Å². The molecule has 0 aliphatic rings. The zero-order valence-electron chi connectivity index (χ0n) is 31.1. The van der Waals surface area contributed by atoms with E-state index in [1.165, 1.54) is 83.5 Å². The molecule has 278 valence electrons. The number of rotatable bonds is 35. The van der Waals surface area contributed by atoms with Crippen molar-refractivity contribution in [1.82, 2.24) is 0 Å². The van der Waals surface area contributed by atoms with Gasteiger partial charge in [-0.1, -0.05) is 159 Å². The molecule has 2 atom stereocenters. The van der Waals surface area contributed by atoms with Crippen molar-refractivity contribution in [2.75, 3.05) is 13.2 Å². The maximum absolute atomic E-state index is 12.0. The first-order valence-corrected chi connectivity index (χ1v) is 19.8. The van der Waals surface area contributed by atoms with Crippen LogP contribution in [0.2, 0.25) is 0 Å². The average Bonchev–Trinajstić information content (AvgIpc) is 3.09. The minimum atomic E-state index is -0.993. The monoisotopic (exact) mass is 675 g/mol. The Morgan fingerprint density at radius 2 is 0.854 bits per heavy atom. The lowest BCUT2D eigenvalue weighted by molar-refractivity contribution is -0.152. The molecule has 0 bridgehead atoms. The molecule has 0 spiro atoms. The lowest BCUT2D eigenvalue weighted by Gasteiger charge is -2.12. The van der Waals surface area contributed by atoms with Crippen LogP contribution in [0.25, 0.3) is 0 Å². The molecule has 0 radical (unpaired) electrons. The number of unbranched alkanes of at least 4 members (excludes halogenated alkanes) is 16. The normalized spacial score (nSPS) is 13.3. The van der Waals surface area contributed by atoms with Gasteiger partial charge in [-0.25, -0.2) is 0 Å². The van der Waals surface area contributed by atoms with Crippen molar-refractivity contribution >= 4 is 11.9 Å². The fourth-order valence-corrected chi connectivity index (χ4v) is 5.29. The molecule has 0 fully saturated rings. The Morgan fingerprint density at radius 1 is 0.479 bits per heavy atom. The highest BCUT2D eigenvalue weighted by molar-refractivity contribution is 5.69. The van der Waals surface area contributed by atoms with Crippen molar-refractivity contribution < 1.29 is 29.3 Å². The SMILES string of the molecule is CCCCCCCCCCCCCCCCCCC(=O)OC[C@@H](O)COC(=O)CCC/C=C\C/C=C\C/C=C\C/C=C\CC[C@@H](O)CC. The fourth-order valence-electron chi connectivity index (χ4n) is 5.29. The van der Waals surface area contributed by atoms with E-state index in [4.69, 9.17) is 9.47 Å². The second-order valence-corrected chi connectivity index (χ2v) is 13.2. The van der Waals surface area contributed by atoms with Crippen LogP contribution in [0.5, 0.6) is 0 Å². The zero-order valence-corrected chi connectivity index (χ0v) is 31.1. The van der Waals surface area contributed by atoms with Gasteiger partial charge in [-0.05, 0) is 57.8 Å². The lowest BCUT2D eigenvalue weighted by atomic mass is 10.0. The summed E-state index contributed by atoms with van der Waals surface area (Å²) in [7, 11) is 0. The largest absolute Gasteiger partial charge is 0.463 e. The van der Waals surface area contributed by atoms with E-state index < -0.39 is 6.10 Å². The minimum absolute atomic E-state index is 0.140. The Labute approximate surface area is 295 Å². The Bertz CT molecular complexity index is 830. The first-order valence-electron chi connectivity index (χ1n) is 19.8. The zero-order chi connectivity index (χ0) is 35.2. The van der Waals surface area contributed by atoms with Gasteiger partial charge >= 0.3 is 11.9 Å². The second kappa shape index (κ2) is 37.6. The molecule has 0 aromatic rings. The van der Waals surface area contributed by atoms with Gasteiger partial charge in [0.15, 0.2) is 0 Å². The lowest BCUT2D eigenvalue weighted by Crippen LogP contribution is -2.25. The van der Waals surface area contributed by atoms with Crippen LogP contribution < -0.4 is 0 Å². The third-order valence-electron chi connectivity index (χ3n) is 8.48. The number of carbonyl (C=O) groups excluding carboxylic acids is 2. The number of hydrogen-bond acceptors (Lipinski definition) is 6. The number of aliphatic hydroxyl groups is 2. The van der Waals surface area contributed by atoms with Crippen LogP contribution in [0.15, 0.2) is 48.6 Å². The number of hydrogen-bond donors (Lipinski definition) is 2. The third kappa shape index (κ3) is 36.7. The van der Waals surface area contributed by atoms with Crippen molar-refractivity contribution in [3.8, 4) is 0 Å². The van der Waals surface area contributed by atoms with E-state index in [0.717, 1.165) is 64.2 Å². The molecular formula is C42H74O6. The second-order valence-electron chi connectivity index (χ2n) is 13.2. The summed E-state index contributed by atoms with van der Waals surface area (Å²) in [5.74, 6) is -0.644. The molecule has 6 heteroatoms. The molecule has 0 unspecified atom stereocenters. The minimum Gasteiger partial charge on any atom is -0.463 e. The Kier molecular flexibility index (Phi) is 35.9. The molecule has 0 aromatic carbocycles. The van der Waals surface area contributed by atoms with Crippen LogP contribution in [-0.4, -0.2) is 47.6 Å². The summed E-state index contributed by atoms with van der Waals surface area (Å²) in [6.45, 7) is 3.98. The van der Waals surface area contributed by atoms with E-state index in [-0.39, 0.29) is 31.3 Å². The maximum atomic E-state index is 12.0. The van der Waals surface area contributed by atoms with Gasteiger partial charge in [-0.2, -0.15) is 0 Å². The van der Waals surface area contributed by atoms with Crippen molar-refractivity contribution in [2.24, 2.45) is 0 Å². The molecule has 0 heterocycles. The molecule has 6 nitrogen and oxygen atoms in total. The first-order chi connectivity index (χ1) is 23.5. The van der Waals surface area contributed by atoms with Crippen LogP contribution >= 0.6 is 0 Å². The van der Waals surface area contributed by atoms with E-state index in [1.54, 1.807) is 0 Å². The number of carbonyl (C=O) groups is 2. The van der Waals surface area contributed by atoms with Crippen LogP contribution in [0, 0.1) is 0 Å². The fraction of sp³-hybridized carbons (Fsp3) is 0.762. The van der Waals surface area contributed by atoms with Crippen molar-refractivity contribution in [3.05, 3.63) is 48.6 Å². The quantitative estimate of drug-likeness (QED) is 0.0395. The van der Waals surface area contributed by atoms with Crippen LogP contribution in [-0.2, 0) is 19.1 Å². The molecule has 0 aliphatic carbocycles. The van der Waals surface area contributed by atoms with Gasteiger partial charge in [0.2, 0.25) is 0 Å². The molecule has 0 saturated carbocycles. The van der Waals surface area contributed by atoms with E-state index in [0.29, 0.717) is 19.3 Å². The van der Waals surface area contributed by atoms with Crippen molar-refractivity contribution in [1.29, 1.82) is 0 Å². The number of ether oxygens (including phenoxy) is 2. The molecular weight excluding hydrogens is 600 g/mol. The summed E-state index contributed by atoms with van der Waals surface area (Å²) in [4.78, 5) is 23.9. The molecule has 0 aromatic heterocycles. The molecule has 48 heavy (non-hydrogen) atoms. The first kappa shape index (κ1) is 45.8. The highest BCUT2D eigenvalue weighted by Crippen LogP contribution is 2.14. The molecule has 0 aliphatic heterocycles. The van der Waals surface area contributed by atoms with Gasteiger partial charge in [-0.3, -0.25) is 9.59 Å². The van der Waals surface area contributed by atoms with Crippen LogP contribution in [0.4, 0.5) is 0 Å². The van der Waals surface area contributed by atoms with Crippen LogP contribution in [0.1, 0.15) is 181 Å². The molecule has 0 rings (SSSR count). The van der Waals surface area contributed by atoms with Gasteiger partial charge in [0.1, 0.15) is 19.3 Å². The maximum Gasteiger partial charge on any atom is 0.305 e. The van der Waals surface area contributed by atoms with Gasteiger partial charge < -0.3 is 19.7 Å². The predicted octanol–water partition coefficient (Wildman–Crippen LogP) is 11.2. The third-order valence-corrected chi connectivity index (χ3v) is 8.48. The van der Waals surface area contributed by atoms with Crippen LogP contribution in [0.3, 0.4) is 0 Å². The summed E-state index contributed by atoms with van der Waals surface area (Å²) < 4.78 is 10.3. The smallest absolute Gasteiger partial charge is 0.305 e. The van der Waals surface area contributed by atoms with E-state index in [2.05, 4.69) is 55.5 Å². The number of allylic oxidation sites excluding steroid dienone is 8. The van der Waals surface area contributed by atoms with Gasteiger partial charge in [0, 0.05) is 12.8 Å². The average molecular weight is 675 g/mol. The summed E-state index contributed by atoms with van der Waals surface area (Å²) in [5.41, 5.74) is 0. The molecule has 0 amide bonds. The van der Waals surface area contributed by atoms with Gasteiger partial charge in [0.05, 0.1) is 6.10 Å². The van der Waals surface area contributed by atoms with E-state index in [1.807, 2.05) is 6.92 Å². The summed E-state index contributed by atoms with van der Waals surface area (Å²) in [6, 6.07) is 0. The van der Waals surface area contributed by atoms with Crippen molar-refractivity contribution in [3.63, 3.8) is 0 Å². The number of esters is 2. The van der Waals surface area contributed by atoms with Crippen molar-refractivity contribution in [2.45, 2.75) is 193 Å². The Balaban J connectivity index is 3.54. The van der Waals surface area contributed by atoms with Gasteiger partial charge in [-0.15, -0.1) is 0 Å². The number of aliphatic hydroxyl groups excluding tert-OH is 2. The van der Waals surface area contributed by atoms with E-state index >= 15 is 0 Å².